The van der Waals surface area contributed by atoms with Crippen LogP contribution in [-0.2, 0) is 14.3 Å². The Kier molecular flexibility index (Phi) is 8.02. The Morgan fingerprint density at radius 3 is 2.80 bits per heavy atom. The van der Waals surface area contributed by atoms with Crippen molar-refractivity contribution in [2.45, 2.75) is 13.3 Å². The van der Waals surface area contributed by atoms with Gasteiger partial charge in [0.15, 0.2) is 0 Å². The van der Waals surface area contributed by atoms with Crippen molar-refractivity contribution in [2.75, 3.05) is 38.9 Å². The highest BCUT2D eigenvalue weighted by molar-refractivity contribution is 6.31. The summed E-state index contributed by atoms with van der Waals surface area (Å²) in [6, 6.07) is 5.11. The highest BCUT2D eigenvalue weighted by Gasteiger charge is 2.09. The van der Waals surface area contributed by atoms with Gasteiger partial charge < -0.3 is 19.5 Å². The first kappa shape index (κ1) is 16.8. The number of carbonyl (C=O) groups excluding carboxylic acids is 1. The summed E-state index contributed by atoms with van der Waals surface area (Å²) >= 11 is 5.93. The first-order chi connectivity index (χ1) is 9.67. The molecule has 0 heterocycles. The molecule has 0 saturated heterocycles. The van der Waals surface area contributed by atoms with Gasteiger partial charge in [0.25, 0.3) is 0 Å². The lowest BCUT2D eigenvalue weighted by Gasteiger charge is -2.12. The summed E-state index contributed by atoms with van der Waals surface area (Å²) in [7, 11) is 1.58. The van der Waals surface area contributed by atoms with Crippen molar-refractivity contribution in [3.05, 3.63) is 23.2 Å². The molecule has 1 rings (SSSR count). The molecule has 1 aromatic carbocycles. The van der Waals surface area contributed by atoms with Gasteiger partial charge in [-0.25, -0.2) is 0 Å². The van der Waals surface area contributed by atoms with Crippen LogP contribution in [0.5, 0.6) is 5.75 Å². The zero-order valence-electron chi connectivity index (χ0n) is 11.8. The molecule has 0 aliphatic carbocycles. The molecule has 1 N–H and O–H groups in total. The maximum Gasteiger partial charge on any atom is 0.250 e. The summed E-state index contributed by atoms with van der Waals surface area (Å²) in [5.74, 6) is 0.339. The maximum absolute atomic E-state index is 11.7. The van der Waals surface area contributed by atoms with Crippen LogP contribution in [0.15, 0.2) is 18.2 Å². The molecule has 112 valence electrons. The van der Waals surface area contributed by atoms with Crippen LogP contribution in [0.2, 0.25) is 5.02 Å². The number of amides is 1. The highest BCUT2D eigenvalue weighted by Crippen LogP contribution is 2.28. The van der Waals surface area contributed by atoms with Crippen LogP contribution in [0.3, 0.4) is 0 Å². The smallest absolute Gasteiger partial charge is 0.250 e. The summed E-state index contributed by atoms with van der Waals surface area (Å²) in [4.78, 5) is 11.7. The summed E-state index contributed by atoms with van der Waals surface area (Å²) in [6.07, 6.45) is 0.885. The minimum Gasteiger partial charge on any atom is -0.491 e. The van der Waals surface area contributed by atoms with Crippen molar-refractivity contribution in [1.82, 2.24) is 0 Å². The van der Waals surface area contributed by atoms with Crippen molar-refractivity contribution in [3.63, 3.8) is 0 Å². The fourth-order valence-corrected chi connectivity index (χ4v) is 1.60. The molecule has 1 aromatic rings. The van der Waals surface area contributed by atoms with E-state index < -0.39 is 0 Å². The number of hydrogen-bond donors (Lipinski definition) is 1. The monoisotopic (exact) mass is 301 g/mol. The number of halogens is 1. The van der Waals surface area contributed by atoms with Crippen LogP contribution >= 0.6 is 11.6 Å². The number of rotatable bonds is 9. The number of benzene rings is 1. The molecule has 20 heavy (non-hydrogen) atoms. The molecule has 5 nitrogen and oxygen atoms in total. The lowest BCUT2D eigenvalue weighted by molar-refractivity contribution is -0.121. The van der Waals surface area contributed by atoms with Gasteiger partial charge in [0.05, 0.1) is 25.5 Å². The maximum atomic E-state index is 11.7. The van der Waals surface area contributed by atoms with Gasteiger partial charge in [0.1, 0.15) is 12.4 Å². The topological polar surface area (TPSA) is 56.8 Å². The molecule has 0 spiro atoms. The second-order valence-corrected chi connectivity index (χ2v) is 4.52. The third-order valence-electron chi connectivity index (χ3n) is 2.34. The van der Waals surface area contributed by atoms with Gasteiger partial charge in [-0.1, -0.05) is 18.5 Å². The van der Waals surface area contributed by atoms with Crippen molar-refractivity contribution in [2.24, 2.45) is 0 Å². The van der Waals surface area contributed by atoms with Crippen LogP contribution in [0.4, 0.5) is 5.69 Å². The SMILES string of the molecule is CCCOc1ccc(Cl)cc1NC(=O)COCCOC. The molecule has 1 amide bonds. The first-order valence-corrected chi connectivity index (χ1v) is 6.84. The largest absolute Gasteiger partial charge is 0.491 e. The summed E-state index contributed by atoms with van der Waals surface area (Å²) < 4.78 is 15.5. The molecule has 0 aliphatic heterocycles. The second-order valence-electron chi connectivity index (χ2n) is 4.08. The van der Waals surface area contributed by atoms with E-state index in [1.807, 2.05) is 6.92 Å². The van der Waals surface area contributed by atoms with Crippen molar-refractivity contribution in [3.8, 4) is 5.75 Å². The first-order valence-electron chi connectivity index (χ1n) is 6.46. The molecule has 0 atom stereocenters. The van der Waals surface area contributed by atoms with Crippen LogP contribution in [0.1, 0.15) is 13.3 Å². The Hall–Kier alpha value is -1.30. The molecule has 0 radical (unpaired) electrons. The summed E-state index contributed by atoms with van der Waals surface area (Å²) in [5.41, 5.74) is 0.547. The van der Waals surface area contributed by atoms with E-state index in [4.69, 9.17) is 25.8 Å². The van der Waals surface area contributed by atoms with Gasteiger partial charge >= 0.3 is 0 Å². The number of methoxy groups -OCH3 is 1. The summed E-state index contributed by atoms with van der Waals surface area (Å²) in [5, 5.41) is 3.25. The van der Waals surface area contributed by atoms with Crippen LogP contribution in [0.25, 0.3) is 0 Å². The van der Waals surface area contributed by atoms with Gasteiger partial charge in [-0.2, -0.15) is 0 Å². The molecule has 0 unspecified atom stereocenters. The zero-order chi connectivity index (χ0) is 14.8. The van der Waals surface area contributed by atoms with E-state index in [0.29, 0.717) is 36.3 Å². The van der Waals surface area contributed by atoms with Crippen molar-refractivity contribution in [1.29, 1.82) is 0 Å². The van der Waals surface area contributed by atoms with E-state index in [1.54, 1.807) is 25.3 Å². The average Bonchev–Trinajstić information content (AvgIpc) is 2.43. The van der Waals surface area contributed by atoms with Crippen molar-refractivity contribution < 1.29 is 19.0 Å². The third-order valence-corrected chi connectivity index (χ3v) is 2.58. The predicted octanol–water partition coefficient (Wildman–Crippen LogP) is 2.73. The minimum absolute atomic E-state index is 0.0386. The zero-order valence-corrected chi connectivity index (χ0v) is 12.5. The highest BCUT2D eigenvalue weighted by atomic mass is 35.5. The molecule has 0 saturated carbocycles. The van der Waals surface area contributed by atoms with Gasteiger partial charge in [-0.05, 0) is 24.6 Å². The molecule has 6 heteroatoms. The normalized spacial score (nSPS) is 10.3. The number of hydrogen-bond acceptors (Lipinski definition) is 4. The molecule has 0 bridgehead atoms. The number of carbonyl (C=O) groups is 1. The Morgan fingerprint density at radius 2 is 2.10 bits per heavy atom. The molecule has 0 fully saturated rings. The van der Waals surface area contributed by atoms with Gasteiger partial charge in [-0.3, -0.25) is 4.79 Å². The van der Waals surface area contributed by atoms with Gasteiger partial charge in [0.2, 0.25) is 5.91 Å². The van der Waals surface area contributed by atoms with E-state index in [0.717, 1.165) is 6.42 Å². The fraction of sp³-hybridized carbons (Fsp3) is 0.500. The Labute approximate surface area is 124 Å². The van der Waals surface area contributed by atoms with Crippen LogP contribution in [0, 0.1) is 0 Å². The number of anilines is 1. The average molecular weight is 302 g/mol. The number of nitrogens with one attached hydrogen (secondary N) is 1. The molecular weight excluding hydrogens is 282 g/mol. The molecular formula is C14H20ClNO4. The Bertz CT molecular complexity index is 426. The minimum atomic E-state index is -0.260. The van der Waals surface area contributed by atoms with Gasteiger partial charge in [0, 0.05) is 12.1 Å². The van der Waals surface area contributed by atoms with Crippen molar-refractivity contribution >= 4 is 23.2 Å². The second kappa shape index (κ2) is 9.58. The Morgan fingerprint density at radius 1 is 1.30 bits per heavy atom. The van der Waals surface area contributed by atoms with E-state index >= 15 is 0 Å². The lowest BCUT2D eigenvalue weighted by Crippen LogP contribution is -2.20. The number of ether oxygens (including phenoxy) is 3. The Balaban J connectivity index is 2.55. The third kappa shape index (κ3) is 6.23. The van der Waals surface area contributed by atoms with E-state index in [9.17, 15) is 4.79 Å². The van der Waals surface area contributed by atoms with Crippen LogP contribution < -0.4 is 10.1 Å². The predicted molar refractivity (Wildman–Crippen MR) is 78.6 cm³/mol. The fourth-order valence-electron chi connectivity index (χ4n) is 1.43. The lowest BCUT2D eigenvalue weighted by atomic mass is 10.3. The van der Waals surface area contributed by atoms with Crippen LogP contribution in [-0.4, -0.2) is 39.4 Å². The summed E-state index contributed by atoms with van der Waals surface area (Å²) in [6.45, 7) is 3.38. The van der Waals surface area contributed by atoms with E-state index in [1.165, 1.54) is 0 Å². The quantitative estimate of drug-likeness (QED) is 0.713. The molecule has 0 aromatic heterocycles. The standard InChI is InChI=1S/C14H20ClNO4/c1-3-6-20-13-5-4-11(15)9-12(13)16-14(17)10-19-8-7-18-2/h4-5,9H,3,6-8,10H2,1-2H3,(H,16,17). The van der Waals surface area contributed by atoms with E-state index in [2.05, 4.69) is 5.32 Å². The van der Waals surface area contributed by atoms with Gasteiger partial charge in [-0.15, -0.1) is 0 Å². The van der Waals surface area contributed by atoms with E-state index in [-0.39, 0.29) is 12.5 Å². The molecule has 0 aliphatic rings.